The predicted octanol–water partition coefficient (Wildman–Crippen LogP) is 2.94. The summed E-state index contributed by atoms with van der Waals surface area (Å²) in [5.41, 5.74) is 0. The van der Waals surface area contributed by atoms with Crippen LogP contribution in [0.4, 0.5) is 0 Å². The van der Waals surface area contributed by atoms with Crippen LogP contribution in [0.2, 0.25) is 5.02 Å². The molecule has 0 aliphatic carbocycles. The van der Waals surface area contributed by atoms with E-state index in [1.807, 2.05) is 36.1 Å². The molecule has 0 fully saturated rings. The van der Waals surface area contributed by atoms with Gasteiger partial charge in [-0.3, -0.25) is 4.68 Å². The Labute approximate surface area is 112 Å². The lowest BCUT2D eigenvalue weighted by Crippen LogP contribution is -2.11. The SMILES string of the molecule is CNCCCn1cc(Oc2cccc(Cl)c2)cn1. The molecule has 0 aliphatic heterocycles. The highest BCUT2D eigenvalue weighted by Crippen LogP contribution is 2.23. The Hall–Kier alpha value is -1.52. The molecule has 1 aromatic heterocycles. The van der Waals surface area contributed by atoms with Gasteiger partial charge in [-0.1, -0.05) is 17.7 Å². The van der Waals surface area contributed by atoms with Crippen LogP contribution in [0.5, 0.6) is 11.5 Å². The van der Waals surface area contributed by atoms with E-state index in [0.717, 1.165) is 31.0 Å². The second-order valence-electron chi connectivity index (χ2n) is 3.96. The van der Waals surface area contributed by atoms with Gasteiger partial charge >= 0.3 is 0 Å². The molecule has 0 unspecified atom stereocenters. The van der Waals surface area contributed by atoms with Crippen LogP contribution in [0.15, 0.2) is 36.7 Å². The Morgan fingerprint density at radius 2 is 2.28 bits per heavy atom. The fraction of sp³-hybridized carbons (Fsp3) is 0.308. The van der Waals surface area contributed by atoms with Gasteiger partial charge in [0.2, 0.25) is 0 Å². The summed E-state index contributed by atoms with van der Waals surface area (Å²) in [5.74, 6) is 1.44. The average Bonchev–Trinajstić information content (AvgIpc) is 2.77. The van der Waals surface area contributed by atoms with Crippen molar-refractivity contribution in [3.05, 3.63) is 41.7 Å². The van der Waals surface area contributed by atoms with Gasteiger partial charge in [0.25, 0.3) is 0 Å². The van der Waals surface area contributed by atoms with Crippen molar-refractivity contribution in [2.24, 2.45) is 0 Å². The summed E-state index contributed by atoms with van der Waals surface area (Å²) in [7, 11) is 1.94. The molecule has 2 aromatic rings. The van der Waals surface area contributed by atoms with Crippen molar-refractivity contribution in [2.75, 3.05) is 13.6 Å². The van der Waals surface area contributed by atoms with E-state index in [4.69, 9.17) is 16.3 Å². The van der Waals surface area contributed by atoms with E-state index in [-0.39, 0.29) is 0 Å². The van der Waals surface area contributed by atoms with Gasteiger partial charge in [-0.2, -0.15) is 5.10 Å². The van der Waals surface area contributed by atoms with Crippen molar-refractivity contribution in [1.82, 2.24) is 15.1 Å². The Balaban J connectivity index is 1.94. The predicted molar refractivity (Wildman–Crippen MR) is 72.3 cm³/mol. The van der Waals surface area contributed by atoms with Crippen molar-refractivity contribution in [3.63, 3.8) is 0 Å². The van der Waals surface area contributed by atoms with Crippen LogP contribution in [0, 0.1) is 0 Å². The highest BCUT2D eigenvalue weighted by atomic mass is 35.5. The molecule has 4 nitrogen and oxygen atoms in total. The van der Waals surface area contributed by atoms with Crippen molar-refractivity contribution in [2.45, 2.75) is 13.0 Å². The molecular formula is C13H16ClN3O. The van der Waals surface area contributed by atoms with Crippen molar-refractivity contribution >= 4 is 11.6 Å². The van der Waals surface area contributed by atoms with Gasteiger partial charge in [0.1, 0.15) is 5.75 Å². The number of hydrogen-bond donors (Lipinski definition) is 1. The van der Waals surface area contributed by atoms with Crippen LogP contribution in [0.1, 0.15) is 6.42 Å². The fourth-order valence-corrected chi connectivity index (χ4v) is 1.78. The topological polar surface area (TPSA) is 39.1 Å². The van der Waals surface area contributed by atoms with Crippen LogP contribution in [0.3, 0.4) is 0 Å². The van der Waals surface area contributed by atoms with E-state index in [9.17, 15) is 0 Å². The minimum atomic E-state index is 0.661. The number of nitrogens with zero attached hydrogens (tertiary/aromatic N) is 2. The molecule has 0 aliphatic rings. The summed E-state index contributed by atoms with van der Waals surface area (Å²) >= 11 is 5.89. The van der Waals surface area contributed by atoms with Gasteiger partial charge in [-0.05, 0) is 38.2 Å². The number of benzene rings is 1. The van der Waals surface area contributed by atoms with Gasteiger partial charge in [0.05, 0.1) is 12.4 Å². The first-order valence-corrected chi connectivity index (χ1v) is 6.26. The van der Waals surface area contributed by atoms with Crippen LogP contribution in [-0.4, -0.2) is 23.4 Å². The zero-order valence-corrected chi connectivity index (χ0v) is 11.0. The van der Waals surface area contributed by atoms with Gasteiger partial charge in [0, 0.05) is 11.6 Å². The summed E-state index contributed by atoms with van der Waals surface area (Å²) < 4.78 is 7.53. The first-order chi connectivity index (χ1) is 8.78. The summed E-state index contributed by atoms with van der Waals surface area (Å²) in [6.45, 7) is 1.85. The quantitative estimate of drug-likeness (QED) is 0.817. The number of halogens is 1. The molecule has 96 valence electrons. The lowest BCUT2D eigenvalue weighted by Gasteiger charge is -2.02. The van der Waals surface area contributed by atoms with E-state index in [1.165, 1.54) is 0 Å². The van der Waals surface area contributed by atoms with E-state index in [1.54, 1.807) is 12.3 Å². The van der Waals surface area contributed by atoms with Crippen LogP contribution in [-0.2, 0) is 6.54 Å². The zero-order valence-electron chi connectivity index (χ0n) is 10.3. The molecule has 1 N–H and O–H groups in total. The average molecular weight is 266 g/mol. The molecule has 0 atom stereocenters. The Morgan fingerprint density at radius 3 is 3.06 bits per heavy atom. The normalized spacial score (nSPS) is 10.6. The minimum absolute atomic E-state index is 0.661. The van der Waals surface area contributed by atoms with Crippen molar-refractivity contribution < 1.29 is 4.74 Å². The molecule has 18 heavy (non-hydrogen) atoms. The monoisotopic (exact) mass is 265 g/mol. The summed E-state index contributed by atoms with van der Waals surface area (Å²) in [6, 6.07) is 7.31. The number of ether oxygens (including phenoxy) is 1. The second-order valence-corrected chi connectivity index (χ2v) is 4.39. The van der Waals surface area contributed by atoms with Crippen LogP contribution in [0.25, 0.3) is 0 Å². The maximum Gasteiger partial charge on any atom is 0.165 e. The summed E-state index contributed by atoms with van der Waals surface area (Å²) in [5, 5.41) is 8.00. The zero-order chi connectivity index (χ0) is 12.8. The Bertz CT molecular complexity index is 498. The Kier molecular flexibility index (Phi) is 4.61. The second kappa shape index (κ2) is 6.42. The largest absolute Gasteiger partial charge is 0.454 e. The molecular weight excluding hydrogens is 250 g/mol. The van der Waals surface area contributed by atoms with Crippen molar-refractivity contribution in [1.29, 1.82) is 0 Å². The standard InChI is InChI=1S/C13H16ClN3O/c1-15-6-3-7-17-10-13(9-16-17)18-12-5-2-4-11(14)8-12/h2,4-5,8-10,15H,3,6-7H2,1H3. The molecule has 1 heterocycles. The third-order valence-electron chi connectivity index (χ3n) is 2.46. The highest BCUT2D eigenvalue weighted by Gasteiger charge is 2.01. The fourth-order valence-electron chi connectivity index (χ4n) is 1.60. The molecule has 0 radical (unpaired) electrons. The molecule has 0 spiro atoms. The maximum atomic E-state index is 5.89. The smallest absolute Gasteiger partial charge is 0.165 e. The first kappa shape index (κ1) is 12.9. The van der Waals surface area contributed by atoms with Crippen LogP contribution >= 0.6 is 11.6 Å². The molecule has 5 heteroatoms. The number of nitrogens with one attached hydrogen (secondary N) is 1. The Morgan fingerprint density at radius 1 is 1.39 bits per heavy atom. The molecule has 0 amide bonds. The first-order valence-electron chi connectivity index (χ1n) is 5.88. The molecule has 2 rings (SSSR count). The van der Waals surface area contributed by atoms with Gasteiger partial charge in [-0.25, -0.2) is 0 Å². The molecule has 0 saturated carbocycles. The summed E-state index contributed by atoms with van der Waals surface area (Å²) in [6.07, 6.45) is 4.63. The lowest BCUT2D eigenvalue weighted by atomic mass is 10.3. The molecule has 0 saturated heterocycles. The summed E-state index contributed by atoms with van der Waals surface area (Å²) in [4.78, 5) is 0. The minimum Gasteiger partial charge on any atom is -0.454 e. The van der Waals surface area contributed by atoms with Gasteiger partial charge in [0.15, 0.2) is 5.75 Å². The number of aromatic nitrogens is 2. The molecule has 0 bridgehead atoms. The van der Waals surface area contributed by atoms with Gasteiger partial charge < -0.3 is 10.1 Å². The van der Waals surface area contributed by atoms with Gasteiger partial charge in [-0.15, -0.1) is 0 Å². The maximum absolute atomic E-state index is 5.89. The van der Waals surface area contributed by atoms with E-state index in [2.05, 4.69) is 10.4 Å². The number of rotatable bonds is 6. The molecule has 1 aromatic carbocycles. The third kappa shape index (κ3) is 3.75. The van der Waals surface area contributed by atoms with Crippen molar-refractivity contribution in [3.8, 4) is 11.5 Å². The van der Waals surface area contributed by atoms with E-state index in [0.29, 0.717) is 5.02 Å². The number of hydrogen-bond acceptors (Lipinski definition) is 3. The highest BCUT2D eigenvalue weighted by molar-refractivity contribution is 6.30. The van der Waals surface area contributed by atoms with E-state index >= 15 is 0 Å². The van der Waals surface area contributed by atoms with E-state index < -0.39 is 0 Å². The van der Waals surface area contributed by atoms with Crippen LogP contribution < -0.4 is 10.1 Å². The lowest BCUT2D eigenvalue weighted by molar-refractivity contribution is 0.480. The third-order valence-corrected chi connectivity index (χ3v) is 2.69. The number of aryl methyl sites for hydroxylation is 1.